The Kier molecular flexibility index (Phi) is 4.87. The lowest BCUT2D eigenvalue weighted by atomic mass is 9.96. The van der Waals surface area contributed by atoms with Gasteiger partial charge in [-0.3, -0.25) is 4.79 Å². The maximum atomic E-state index is 12.3. The Morgan fingerprint density at radius 3 is 2.84 bits per heavy atom. The van der Waals surface area contributed by atoms with Gasteiger partial charge < -0.3 is 14.4 Å². The van der Waals surface area contributed by atoms with Crippen LogP contribution in [0, 0.1) is 0 Å². The molecule has 0 bridgehead atoms. The molecule has 1 N–H and O–H groups in total. The Morgan fingerprint density at radius 2 is 2.16 bits per heavy atom. The van der Waals surface area contributed by atoms with Gasteiger partial charge in [-0.05, 0) is 6.42 Å². The summed E-state index contributed by atoms with van der Waals surface area (Å²) in [5.74, 6) is 3.19. The van der Waals surface area contributed by atoms with E-state index in [4.69, 9.17) is 4.52 Å². The fourth-order valence-electron chi connectivity index (χ4n) is 2.94. The number of fused-ring (bicyclic) bond motifs is 1. The van der Waals surface area contributed by atoms with E-state index in [0.717, 1.165) is 37.5 Å². The second-order valence-corrected chi connectivity index (χ2v) is 7.56. The standard InChI is InChI=1S/C17H26N6O2/c1-5-12-20-21-13-7-6-11(10-23(12)13)18-14(24)8-9-15-19-16(22-25-15)17(2,3)4/h11H,5-10H2,1-4H3,(H,18,24)/t11-/m1/s1. The van der Waals surface area contributed by atoms with Gasteiger partial charge in [0, 0.05) is 43.7 Å². The highest BCUT2D eigenvalue weighted by Crippen LogP contribution is 2.19. The lowest BCUT2D eigenvalue weighted by molar-refractivity contribution is -0.122. The van der Waals surface area contributed by atoms with Crippen LogP contribution < -0.4 is 5.32 Å². The third-order valence-electron chi connectivity index (χ3n) is 4.41. The molecule has 0 saturated heterocycles. The van der Waals surface area contributed by atoms with E-state index in [1.165, 1.54) is 0 Å². The molecule has 1 atom stereocenters. The van der Waals surface area contributed by atoms with Gasteiger partial charge in [-0.15, -0.1) is 10.2 Å². The summed E-state index contributed by atoms with van der Waals surface area (Å²) < 4.78 is 7.36. The molecule has 8 heteroatoms. The van der Waals surface area contributed by atoms with Gasteiger partial charge in [-0.25, -0.2) is 0 Å². The second-order valence-electron chi connectivity index (χ2n) is 7.56. The number of aryl methyl sites for hydroxylation is 3. The van der Waals surface area contributed by atoms with Crippen LogP contribution in [0.15, 0.2) is 4.52 Å². The van der Waals surface area contributed by atoms with E-state index >= 15 is 0 Å². The van der Waals surface area contributed by atoms with Crippen LogP contribution in [0.3, 0.4) is 0 Å². The van der Waals surface area contributed by atoms with Gasteiger partial charge in [0.2, 0.25) is 11.8 Å². The third-order valence-corrected chi connectivity index (χ3v) is 4.41. The largest absolute Gasteiger partial charge is 0.352 e. The van der Waals surface area contributed by atoms with E-state index < -0.39 is 0 Å². The predicted octanol–water partition coefficient (Wildman–Crippen LogP) is 1.58. The number of hydrogen-bond acceptors (Lipinski definition) is 6. The van der Waals surface area contributed by atoms with Crippen molar-refractivity contribution in [2.45, 2.75) is 77.8 Å². The maximum Gasteiger partial charge on any atom is 0.227 e. The molecule has 0 unspecified atom stereocenters. The molecule has 0 radical (unpaired) electrons. The van der Waals surface area contributed by atoms with E-state index in [1.54, 1.807) is 0 Å². The van der Waals surface area contributed by atoms with Gasteiger partial charge in [0.25, 0.3) is 0 Å². The summed E-state index contributed by atoms with van der Waals surface area (Å²) in [4.78, 5) is 16.6. The topological polar surface area (TPSA) is 98.7 Å². The third kappa shape index (κ3) is 4.05. The summed E-state index contributed by atoms with van der Waals surface area (Å²) >= 11 is 0. The maximum absolute atomic E-state index is 12.3. The minimum atomic E-state index is -0.153. The van der Waals surface area contributed by atoms with Gasteiger partial charge in [-0.2, -0.15) is 4.98 Å². The second kappa shape index (κ2) is 6.93. The zero-order valence-corrected chi connectivity index (χ0v) is 15.4. The molecule has 136 valence electrons. The normalized spacial score (nSPS) is 17.4. The SMILES string of the molecule is CCc1nnc2n1C[C@H](NC(=O)CCc1nc(C(C)(C)C)no1)CC2. The lowest BCUT2D eigenvalue weighted by Gasteiger charge is -2.25. The molecule has 0 fully saturated rings. The van der Waals surface area contributed by atoms with Crippen molar-refractivity contribution in [1.82, 2.24) is 30.2 Å². The van der Waals surface area contributed by atoms with E-state index in [0.29, 0.717) is 24.6 Å². The number of hydrogen-bond donors (Lipinski definition) is 1. The zero-order valence-electron chi connectivity index (χ0n) is 15.4. The Balaban J connectivity index is 1.51. The molecule has 0 saturated carbocycles. The molecule has 1 aliphatic rings. The molecule has 0 aromatic carbocycles. The average Bonchev–Trinajstić information content (AvgIpc) is 3.19. The molecule has 0 aliphatic carbocycles. The summed E-state index contributed by atoms with van der Waals surface area (Å²) in [5.41, 5.74) is -0.153. The number of carbonyl (C=O) groups excluding carboxylic acids is 1. The Labute approximate surface area is 147 Å². The summed E-state index contributed by atoms with van der Waals surface area (Å²) in [6.07, 6.45) is 3.39. The van der Waals surface area contributed by atoms with E-state index in [-0.39, 0.29) is 17.4 Å². The molecule has 0 spiro atoms. The quantitative estimate of drug-likeness (QED) is 0.882. The fraction of sp³-hybridized carbons (Fsp3) is 0.706. The first kappa shape index (κ1) is 17.6. The number of nitrogens with one attached hydrogen (secondary N) is 1. The van der Waals surface area contributed by atoms with Crippen LogP contribution in [-0.4, -0.2) is 36.9 Å². The fourth-order valence-corrected chi connectivity index (χ4v) is 2.94. The minimum Gasteiger partial charge on any atom is -0.352 e. The van der Waals surface area contributed by atoms with Gasteiger partial charge in [0.1, 0.15) is 11.6 Å². The van der Waals surface area contributed by atoms with Crippen molar-refractivity contribution in [3.05, 3.63) is 23.4 Å². The highest BCUT2D eigenvalue weighted by Gasteiger charge is 2.24. The van der Waals surface area contributed by atoms with Gasteiger partial charge in [0.05, 0.1) is 0 Å². The summed E-state index contributed by atoms with van der Waals surface area (Å²) in [6, 6.07) is 0.120. The Morgan fingerprint density at radius 1 is 1.36 bits per heavy atom. The number of nitrogens with zero attached hydrogens (tertiary/aromatic N) is 5. The van der Waals surface area contributed by atoms with Crippen LogP contribution in [0.1, 0.15) is 63.9 Å². The monoisotopic (exact) mass is 346 g/mol. The first-order valence-corrected chi connectivity index (χ1v) is 8.90. The zero-order chi connectivity index (χ0) is 18.0. The molecule has 3 rings (SSSR count). The molecule has 2 aromatic rings. The molecule has 8 nitrogen and oxygen atoms in total. The smallest absolute Gasteiger partial charge is 0.227 e. The summed E-state index contributed by atoms with van der Waals surface area (Å²) in [7, 11) is 0. The van der Waals surface area contributed by atoms with Crippen LogP contribution in [0.5, 0.6) is 0 Å². The van der Waals surface area contributed by atoms with Crippen LogP contribution in [0.4, 0.5) is 0 Å². The molecule has 2 aromatic heterocycles. The van der Waals surface area contributed by atoms with E-state index in [1.807, 2.05) is 20.8 Å². The predicted molar refractivity (Wildman–Crippen MR) is 91.0 cm³/mol. The summed E-state index contributed by atoms with van der Waals surface area (Å²) in [6.45, 7) is 8.89. The van der Waals surface area contributed by atoms with E-state index in [9.17, 15) is 4.79 Å². The van der Waals surface area contributed by atoms with E-state index in [2.05, 4.69) is 37.1 Å². The van der Waals surface area contributed by atoms with Crippen molar-refractivity contribution in [3.8, 4) is 0 Å². The van der Waals surface area contributed by atoms with Crippen LogP contribution in [0.2, 0.25) is 0 Å². The molecule has 1 amide bonds. The van der Waals surface area contributed by atoms with Crippen molar-refractivity contribution in [3.63, 3.8) is 0 Å². The van der Waals surface area contributed by atoms with Gasteiger partial charge in [0.15, 0.2) is 5.82 Å². The number of rotatable bonds is 5. The highest BCUT2D eigenvalue weighted by atomic mass is 16.5. The Hall–Kier alpha value is -2.25. The lowest BCUT2D eigenvalue weighted by Crippen LogP contribution is -2.41. The number of aromatic nitrogens is 5. The van der Waals surface area contributed by atoms with Crippen molar-refractivity contribution in [1.29, 1.82) is 0 Å². The summed E-state index contributed by atoms with van der Waals surface area (Å²) in [5, 5.41) is 15.5. The molecule has 25 heavy (non-hydrogen) atoms. The first-order valence-electron chi connectivity index (χ1n) is 8.90. The molecular formula is C17H26N6O2. The minimum absolute atomic E-state index is 0.00933. The highest BCUT2D eigenvalue weighted by molar-refractivity contribution is 5.76. The van der Waals surface area contributed by atoms with Crippen molar-refractivity contribution >= 4 is 5.91 Å². The van der Waals surface area contributed by atoms with Gasteiger partial charge in [-0.1, -0.05) is 32.9 Å². The van der Waals surface area contributed by atoms with Gasteiger partial charge >= 0.3 is 0 Å². The van der Waals surface area contributed by atoms with Crippen LogP contribution >= 0.6 is 0 Å². The number of amides is 1. The van der Waals surface area contributed by atoms with Crippen LogP contribution in [-0.2, 0) is 36.0 Å². The Bertz CT molecular complexity index is 729. The van der Waals surface area contributed by atoms with Crippen LogP contribution in [0.25, 0.3) is 0 Å². The van der Waals surface area contributed by atoms with Crippen molar-refractivity contribution < 1.29 is 9.32 Å². The molecular weight excluding hydrogens is 320 g/mol. The average molecular weight is 346 g/mol. The molecule has 1 aliphatic heterocycles. The first-order chi connectivity index (χ1) is 11.9. The van der Waals surface area contributed by atoms with Crippen molar-refractivity contribution in [2.24, 2.45) is 0 Å². The number of carbonyl (C=O) groups is 1. The molecule has 3 heterocycles. The van der Waals surface area contributed by atoms with Crippen molar-refractivity contribution in [2.75, 3.05) is 0 Å².